The summed E-state index contributed by atoms with van der Waals surface area (Å²) in [5.74, 6) is -0.755. The maximum Gasteiger partial charge on any atom is 0.221 e. The highest BCUT2D eigenvalue weighted by Crippen LogP contribution is 2.24. The molecule has 2 unspecified atom stereocenters. The van der Waals surface area contributed by atoms with Gasteiger partial charge < -0.3 is 11.5 Å². The number of hydrogen-bond donors (Lipinski definition) is 2. The van der Waals surface area contributed by atoms with Gasteiger partial charge in [-0.15, -0.1) is 0 Å². The largest absolute Gasteiger partial charge is 0.370 e. The van der Waals surface area contributed by atoms with Crippen LogP contribution in [0.5, 0.6) is 0 Å². The van der Waals surface area contributed by atoms with Gasteiger partial charge >= 0.3 is 0 Å². The molecule has 0 heterocycles. The minimum absolute atomic E-state index is 0.0872. The van der Waals surface area contributed by atoms with E-state index >= 15 is 0 Å². The maximum atomic E-state index is 11.4. The van der Waals surface area contributed by atoms with Gasteiger partial charge in [-0.2, -0.15) is 0 Å². The van der Waals surface area contributed by atoms with Crippen molar-refractivity contribution in [1.82, 2.24) is 0 Å². The van der Waals surface area contributed by atoms with Crippen molar-refractivity contribution in [2.75, 3.05) is 0 Å². The second-order valence-electron chi connectivity index (χ2n) is 7.25. The van der Waals surface area contributed by atoms with Crippen LogP contribution >= 0.6 is 0 Å². The molecule has 4 nitrogen and oxygen atoms in total. The van der Waals surface area contributed by atoms with Crippen LogP contribution in [0.4, 0.5) is 0 Å². The summed E-state index contributed by atoms with van der Waals surface area (Å²) in [7, 11) is 0. The van der Waals surface area contributed by atoms with E-state index in [0.29, 0.717) is 12.3 Å². The van der Waals surface area contributed by atoms with Gasteiger partial charge in [-0.3, -0.25) is 9.59 Å². The van der Waals surface area contributed by atoms with Gasteiger partial charge in [0.05, 0.1) is 0 Å². The molecule has 2 amide bonds. The molecule has 142 valence electrons. The lowest BCUT2D eigenvalue weighted by atomic mass is 9.86. The quantitative estimate of drug-likeness (QED) is 0.376. The van der Waals surface area contributed by atoms with Crippen molar-refractivity contribution in [2.45, 2.75) is 104 Å². The topological polar surface area (TPSA) is 86.2 Å². The first-order valence-corrected chi connectivity index (χ1v) is 10.1. The van der Waals surface area contributed by atoms with Crippen LogP contribution in [-0.2, 0) is 9.59 Å². The molecule has 0 radical (unpaired) electrons. The van der Waals surface area contributed by atoms with E-state index in [1.165, 1.54) is 64.2 Å². The smallest absolute Gasteiger partial charge is 0.221 e. The molecule has 0 bridgehead atoms. The molecular formula is C20H40N2O2. The second kappa shape index (κ2) is 15.5. The minimum Gasteiger partial charge on any atom is -0.370 e. The van der Waals surface area contributed by atoms with Gasteiger partial charge in [-0.1, -0.05) is 90.9 Å². The standard InChI is InChI=1S/C20H40N2O2/c1-3-5-6-7-8-9-10-11-12-13-14-17(4-2)15-18(20(22)24)16-19(21)23/h17-18H,3-16H2,1-2H3,(H2,21,23)(H2,22,24). The number of rotatable bonds is 17. The lowest BCUT2D eigenvalue weighted by Crippen LogP contribution is -2.29. The van der Waals surface area contributed by atoms with Crippen molar-refractivity contribution < 1.29 is 9.59 Å². The van der Waals surface area contributed by atoms with Gasteiger partial charge in [0, 0.05) is 12.3 Å². The lowest BCUT2D eigenvalue weighted by Gasteiger charge is -2.19. The normalized spacial score (nSPS) is 13.6. The summed E-state index contributed by atoms with van der Waals surface area (Å²) in [4.78, 5) is 22.5. The van der Waals surface area contributed by atoms with Gasteiger partial charge in [0.25, 0.3) is 0 Å². The average molecular weight is 341 g/mol. The van der Waals surface area contributed by atoms with E-state index in [2.05, 4.69) is 13.8 Å². The first-order chi connectivity index (χ1) is 11.5. The summed E-state index contributed by atoms with van der Waals surface area (Å²) < 4.78 is 0. The predicted octanol–water partition coefficient (Wildman–Crippen LogP) is 4.69. The van der Waals surface area contributed by atoms with Crippen LogP contribution in [0, 0.1) is 11.8 Å². The van der Waals surface area contributed by atoms with Crippen LogP contribution in [-0.4, -0.2) is 11.8 Å². The summed E-state index contributed by atoms with van der Waals surface area (Å²) in [5.41, 5.74) is 10.6. The number of carbonyl (C=O) groups is 2. The zero-order chi connectivity index (χ0) is 18.2. The van der Waals surface area contributed by atoms with Crippen molar-refractivity contribution in [3.63, 3.8) is 0 Å². The minimum atomic E-state index is -0.437. The van der Waals surface area contributed by atoms with Gasteiger partial charge in [0.2, 0.25) is 11.8 Å². The third-order valence-electron chi connectivity index (χ3n) is 5.01. The Morgan fingerprint density at radius 3 is 1.71 bits per heavy atom. The van der Waals surface area contributed by atoms with Crippen LogP contribution in [0.15, 0.2) is 0 Å². The SMILES string of the molecule is CCCCCCCCCCCCC(CC)CC(CC(N)=O)C(N)=O. The Morgan fingerprint density at radius 2 is 1.29 bits per heavy atom. The predicted molar refractivity (Wildman–Crippen MR) is 101 cm³/mol. The van der Waals surface area contributed by atoms with Gasteiger partial charge in [-0.25, -0.2) is 0 Å². The number of carbonyl (C=O) groups excluding carboxylic acids is 2. The monoisotopic (exact) mass is 340 g/mol. The van der Waals surface area contributed by atoms with E-state index in [-0.39, 0.29) is 6.42 Å². The van der Waals surface area contributed by atoms with E-state index in [1.807, 2.05) is 0 Å². The Kier molecular flexibility index (Phi) is 14.8. The molecule has 0 aliphatic heterocycles. The lowest BCUT2D eigenvalue weighted by molar-refractivity contribution is -0.127. The summed E-state index contributed by atoms with van der Waals surface area (Å²) in [6.07, 6.45) is 16.3. The molecule has 0 aromatic carbocycles. The molecule has 0 saturated carbocycles. The molecule has 4 N–H and O–H groups in total. The van der Waals surface area contributed by atoms with E-state index in [0.717, 1.165) is 12.8 Å². The van der Waals surface area contributed by atoms with E-state index in [1.54, 1.807) is 0 Å². The Bertz CT molecular complexity index is 332. The molecule has 0 saturated heterocycles. The number of primary amides is 2. The van der Waals surface area contributed by atoms with Crippen molar-refractivity contribution in [3.05, 3.63) is 0 Å². The number of hydrogen-bond acceptors (Lipinski definition) is 2. The fraction of sp³-hybridized carbons (Fsp3) is 0.900. The molecular weight excluding hydrogens is 300 g/mol. The van der Waals surface area contributed by atoms with Crippen molar-refractivity contribution in [2.24, 2.45) is 23.3 Å². The fourth-order valence-corrected chi connectivity index (χ4v) is 3.35. The molecule has 0 spiro atoms. The zero-order valence-corrected chi connectivity index (χ0v) is 16.0. The van der Waals surface area contributed by atoms with Crippen LogP contribution < -0.4 is 11.5 Å². The van der Waals surface area contributed by atoms with Gasteiger partial charge in [-0.05, 0) is 12.3 Å². The van der Waals surface area contributed by atoms with Gasteiger partial charge in [0.1, 0.15) is 0 Å². The number of nitrogens with two attached hydrogens (primary N) is 2. The summed E-state index contributed by atoms with van der Waals surface area (Å²) in [6.45, 7) is 4.40. The van der Waals surface area contributed by atoms with Crippen molar-refractivity contribution in [3.8, 4) is 0 Å². The molecule has 0 aromatic heterocycles. The van der Waals surface area contributed by atoms with E-state index in [9.17, 15) is 9.59 Å². The summed E-state index contributed by atoms with van der Waals surface area (Å²) in [5, 5.41) is 0. The Hall–Kier alpha value is -1.06. The fourth-order valence-electron chi connectivity index (χ4n) is 3.35. The van der Waals surface area contributed by atoms with Crippen LogP contribution in [0.3, 0.4) is 0 Å². The van der Waals surface area contributed by atoms with E-state index in [4.69, 9.17) is 11.5 Å². The molecule has 0 aliphatic carbocycles. The second-order valence-corrected chi connectivity index (χ2v) is 7.25. The zero-order valence-electron chi connectivity index (χ0n) is 16.0. The van der Waals surface area contributed by atoms with Gasteiger partial charge in [0.15, 0.2) is 0 Å². The van der Waals surface area contributed by atoms with Crippen molar-refractivity contribution in [1.29, 1.82) is 0 Å². The third kappa shape index (κ3) is 13.4. The highest BCUT2D eigenvalue weighted by molar-refractivity contribution is 5.83. The highest BCUT2D eigenvalue weighted by Gasteiger charge is 2.21. The first-order valence-electron chi connectivity index (χ1n) is 10.1. The molecule has 0 aliphatic rings. The van der Waals surface area contributed by atoms with Crippen LogP contribution in [0.2, 0.25) is 0 Å². The molecule has 4 heteroatoms. The van der Waals surface area contributed by atoms with Crippen LogP contribution in [0.1, 0.15) is 104 Å². The molecule has 0 aromatic rings. The molecule has 0 rings (SSSR count). The molecule has 0 fully saturated rings. The summed E-state index contributed by atoms with van der Waals surface area (Å²) >= 11 is 0. The van der Waals surface area contributed by atoms with Crippen LogP contribution in [0.25, 0.3) is 0 Å². The third-order valence-corrected chi connectivity index (χ3v) is 5.01. The Labute approximate surface area is 149 Å². The number of amides is 2. The Balaban J connectivity index is 3.74. The van der Waals surface area contributed by atoms with E-state index < -0.39 is 17.7 Å². The maximum absolute atomic E-state index is 11.4. The van der Waals surface area contributed by atoms with Crippen molar-refractivity contribution >= 4 is 11.8 Å². The highest BCUT2D eigenvalue weighted by atomic mass is 16.2. The first kappa shape index (κ1) is 22.9. The molecule has 2 atom stereocenters. The number of unbranched alkanes of at least 4 members (excludes halogenated alkanes) is 9. The Morgan fingerprint density at radius 1 is 0.792 bits per heavy atom. The summed E-state index contributed by atoms with van der Waals surface area (Å²) in [6, 6.07) is 0. The average Bonchev–Trinajstić information content (AvgIpc) is 2.53. The molecule has 24 heavy (non-hydrogen) atoms.